The van der Waals surface area contributed by atoms with Crippen LogP contribution in [0.15, 0.2) is 42.5 Å². The average molecular weight is 286 g/mol. The van der Waals surface area contributed by atoms with E-state index in [0.29, 0.717) is 6.61 Å². The van der Waals surface area contributed by atoms with Gasteiger partial charge in [-0.3, -0.25) is 0 Å². The van der Waals surface area contributed by atoms with Gasteiger partial charge in [0.15, 0.2) is 0 Å². The maximum absolute atomic E-state index is 10.5. The lowest BCUT2D eigenvalue weighted by molar-refractivity contribution is 0.219. The second-order valence-corrected chi connectivity index (χ2v) is 5.05. The summed E-state index contributed by atoms with van der Waals surface area (Å²) >= 11 is 0. The van der Waals surface area contributed by atoms with Crippen molar-refractivity contribution in [1.29, 1.82) is 0 Å². The van der Waals surface area contributed by atoms with Gasteiger partial charge in [0.05, 0.1) is 13.7 Å². The van der Waals surface area contributed by atoms with Gasteiger partial charge >= 0.3 is 0 Å². The molecule has 0 aliphatic carbocycles. The fourth-order valence-electron chi connectivity index (χ4n) is 2.26. The minimum atomic E-state index is -0.667. The van der Waals surface area contributed by atoms with Gasteiger partial charge in [-0.15, -0.1) is 0 Å². The number of rotatable bonds is 6. The number of aliphatic hydroxyl groups excluding tert-OH is 1. The van der Waals surface area contributed by atoms with Gasteiger partial charge in [0.1, 0.15) is 17.6 Å². The van der Waals surface area contributed by atoms with Crippen molar-refractivity contribution >= 4 is 0 Å². The summed E-state index contributed by atoms with van der Waals surface area (Å²) in [5.74, 6) is 1.62. The molecule has 0 radical (unpaired) electrons. The molecule has 0 amide bonds. The smallest absolute Gasteiger partial charge is 0.121 e. The van der Waals surface area contributed by atoms with Crippen LogP contribution in [-0.2, 0) is 0 Å². The molecule has 112 valence electrons. The molecule has 21 heavy (non-hydrogen) atoms. The summed E-state index contributed by atoms with van der Waals surface area (Å²) in [6, 6.07) is 13.3. The first-order valence-electron chi connectivity index (χ1n) is 7.21. The number of methoxy groups -OCH3 is 1. The van der Waals surface area contributed by atoms with Crippen LogP contribution >= 0.6 is 0 Å². The average Bonchev–Trinajstić information content (AvgIpc) is 2.52. The summed E-state index contributed by atoms with van der Waals surface area (Å²) in [5, 5.41) is 10.5. The van der Waals surface area contributed by atoms with Crippen LogP contribution < -0.4 is 9.47 Å². The molecular formula is C18H22O3. The van der Waals surface area contributed by atoms with Gasteiger partial charge in [0, 0.05) is 0 Å². The lowest BCUT2D eigenvalue weighted by Gasteiger charge is -2.15. The molecule has 0 saturated heterocycles. The molecule has 3 nitrogen and oxygen atoms in total. The first-order valence-corrected chi connectivity index (χ1v) is 7.21. The Labute approximate surface area is 126 Å². The number of aryl methyl sites for hydroxylation is 1. The van der Waals surface area contributed by atoms with Crippen LogP contribution in [0.2, 0.25) is 0 Å². The molecule has 2 rings (SSSR count). The number of aliphatic hydroxyl groups is 1. The zero-order valence-corrected chi connectivity index (χ0v) is 12.8. The van der Waals surface area contributed by atoms with E-state index >= 15 is 0 Å². The molecule has 1 N–H and O–H groups in total. The zero-order chi connectivity index (χ0) is 15.2. The van der Waals surface area contributed by atoms with Crippen molar-refractivity contribution in [3.8, 4) is 11.5 Å². The van der Waals surface area contributed by atoms with E-state index in [1.54, 1.807) is 7.11 Å². The summed E-state index contributed by atoms with van der Waals surface area (Å²) in [7, 11) is 1.65. The molecule has 0 spiro atoms. The Hall–Kier alpha value is -2.00. The highest BCUT2D eigenvalue weighted by molar-refractivity contribution is 5.41. The van der Waals surface area contributed by atoms with Crippen molar-refractivity contribution in [2.24, 2.45) is 0 Å². The fourth-order valence-corrected chi connectivity index (χ4v) is 2.26. The normalized spacial score (nSPS) is 12.0. The van der Waals surface area contributed by atoms with Crippen LogP contribution in [0, 0.1) is 6.92 Å². The van der Waals surface area contributed by atoms with E-state index in [0.717, 1.165) is 34.6 Å². The highest BCUT2D eigenvalue weighted by Gasteiger charge is 2.12. The Morgan fingerprint density at radius 2 is 1.86 bits per heavy atom. The SMILES string of the molecule is CCCOc1cccc(C(O)c2ccc(OC)c(C)c2)c1. The van der Waals surface area contributed by atoms with E-state index in [1.165, 1.54) is 0 Å². The third-order valence-electron chi connectivity index (χ3n) is 3.38. The first kappa shape index (κ1) is 15.4. The summed E-state index contributed by atoms with van der Waals surface area (Å²) in [4.78, 5) is 0. The lowest BCUT2D eigenvalue weighted by Crippen LogP contribution is -2.02. The van der Waals surface area contributed by atoms with Gasteiger partial charge in [-0.05, 0) is 54.3 Å². The Bertz CT molecular complexity index is 593. The maximum Gasteiger partial charge on any atom is 0.121 e. The largest absolute Gasteiger partial charge is 0.496 e. The molecule has 0 heterocycles. The van der Waals surface area contributed by atoms with Gasteiger partial charge in [-0.25, -0.2) is 0 Å². The second-order valence-electron chi connectivity index (χ2n) is 5.05. The molecule has 2 aromatic rings. The number of hydrogen-bond donors (Lipinski definition) is 1. The standard InChI is InChI=1S/C18H22O3/c1-4-10-21-16-7-5-6-14(12-16)18(19)15-8-9-17(20-3)13(2)11-15/h5-9,11-12,18-19H,4,10H2,1-3H3. The zero-order valence-electron chi connectivity index (χ0n) is 12.8. The molecule has 2 aromatic carbocycles. The van der Waals surface area contributed by atoms with Crippen LogP contribution in [0.3, 0.4) is 0 Å². The first-order chi connectivity index (χ1) is 10.2. The van der Waals surface area contributed by atoms with E-state index in [2.05, 4.69) is 6.92 Å². The van der Waals surface area contributed by atoms with E-state index in [4.69, 9.17) is 9.47 Å². The van der Waals surface area contributed by atoms with Gasteiger partial charge in [0.25, 0.3) is 0 Å². The van der Waals surface area contributed by atoms with Gasteiger partial charge in [-0.1, -0.05) is 25.1 Å². The van der Waals surface area contributed by atoms with Crippen molar-refractivity contribution in [1.82, 2.24) is 0 Å². The van der Waals surface area contributed by atoms with Crippen LogP contribution in [0.5, 0.6) is 11.5 Å². The lowest BCUT2D eigenvalue weighted by atomic mass is 9.99. The number of hydrogen-bond acceptors (Lipinski definition) is 3. The van der Waals surface area contributed by atoms with Gasteiger partial charge < -0.3 is 14.6 Å². The van der Waals surface area contributed by atoms with Gasteiger partial charge in [0.2, 0.25) is 0 Å². The van der Waals surface area contributed by atoms with Crippen LogP contribution in [-0.4, -0.2) is 18.8 Å². The van der Waals surface area contributed by atoms with Crippen molar-refractivity contribution in [3.05, 3.63) is 59.2 Å². The fraction of sp³-hybridized carbons (Fsp3) is 0.333. The Kier molecular flexibility index (Phi) is 5.23. The van der Waals surface area contributed by atoms with Crippen molar-refractivity contribution in [3.63, 3.8) is 0 Å². The van der Waals surface area contributed by atoms with Crippen molar-refractivity contribution < 1.29 is 14.6 Å². The number of ether oxygens (including phenoxy) is 2. The Morgan fingerprint density at radius 1 is 1.10 bits per heavy atom. The molecule has 0 aliphatic heterocycles. The second kappa shape index (κ2) is 7.14. The van der Waals surface area contributed by atoms with Crippen molar-refractivity contribution in [2.45, 2.75) is 26.4 Å². The highest BCUT2D eigenvalue weighted by Crippen LogP contribution is 2.28. The summed E-state index contributed by atoms with van der Waals surface area (Å²) in [6.07, 6.45) is 0.296. The molecule has 0 saturated carbocycles. The molecule has 1 unspecified atom stereocenters. The Morgan fingerprint density at radius 3 is 2.52 bits per heavy atom. The van der Waals surface area contributed by atoms with E-state index in [1.807, 2.05) is 49.4 Å². The van der Waals surface area contributed by atoms with Gasteiger partial charge in [-0.2, -0.15) is 0 Å². The van der Waals surface area contributed by atoms with E-state index < -0.39 is 6.10 Å². The summed E-state index contributed by atoms with van der Waals surface area (Å²) in [5.41, 5.74) is 2.68. The summed E-state index contributed by atoms with van der Waals surface area (Å²) < 4.78 is 10.9. The van der Waals surface area contributed by atoms with Crippen LogP contribution in [0.1, 0.15) is 36.1 Å². The summed E-state index contributed by atoms with van der Waals surface area (Å²) in [6.45, 7) is 4.72. The quantitative estimate of drug-likeness (QED) is 0.876. The predicted octanol–water partition coefficient (Wildman–Crippen LogP) is 3.87. The van der Waals surface area contributed by atoms with Crippen LogP contribution in [0.25, 0.3) is 0 Å². The third-order valence-corrected chi connectivity index (χ3v) is 3.38. The third kappa shape index (κ3) is 3.76. The molecule has 1 atom stereocenters. The molecule has 0 aliphatic rings. The monoisotopic (exact) mass is 286 g/mol. The molecular weight excluding hydrogens is 264 g/mol. The molecule has 3 heteroatoms. The number of benzene rings is 2. The minimum absolute atomic E-state index is 0.667. The maximum atomic E-state index is 10.5. The van der Waals surface area contributed by atoms with E-state index in [-0.39, 0.29) is 0 Å². The van der Waals surface area contributed by atoms with Crippen molar-refractivity contribution in [2.75, 3.05) is 13.7 Å². The topological polar surface area (TPSA) is 38.7 Å². The predicted molar refractivity (Wildman–Crippen MR) is 84.0 cm³/mol. The molecule has 0 aromatic heterocycles. The minimum Gasteiger partial charge on any atom is -0.496 e. The molecule has 0 bridgehead atoms. The van der Waals surface area contributed by atoms with Crippen LogP contribution in [0.4, 0.5) is 0 Å². The molecule has 0 fully saturated rings. The Balaban J connectivity index is 2.22. The highest BCUT2D eigenvalue weighted by atomic mass is 16.5. The van der Waals surface area contributed by atoms with E-state index in [9.17, 15) is 5.11 Å².